The van der Waals surface area contributed by atoms with E-state index in [1.54, 1.807) is 34.4 Å². The number of carbonyl (C=O) groups is 1. The Bertz CT molecular complexity index is 1330. The maximum Gasteiger partial charge on any atom is 0.322 e. The molecule has 1 aliphatic heterocycles. The van der Waals surface area contributed by atoms with Crippen LogP contribution in [0.3, 0.4) is 0 Å². The summed E-state index contributed by atoms with van der Waals surface area (Å²) in [7, 11) is 0. The summed E-state index contributed by atoms with van der Waals surface area (Å²) in [6.45, 7) is 2.34. The highest BCUT2D eigenvalue weighted by Crippen LogP contribution is 2.38. The Labute approximate surface area is 204 Å². The van der Waals surface area contributed by atoms with Gasteiger partial charge in [-0.2, -0.15) is 4.98 Å². The molecule has 2 amide bonds. The number of aromatic nitrogens is 2. The number of halogens is 2. The summed E-state index contributed by atoms with van der Waals surface area (Å²) in [5, 5.41) is 10.5. The van der Waals surface area contributed by atoms with Crippen molar-refractivity contribution in [2.75, 3.05) is 0 Å². The smallest absolute Gasteiger partial charge is 0.322 e. The fraction of sp³-hybridized carbons (Fsp3) is 0.125. The van der Waals surface area contributed by atoms with E-state index in [0.717, 1.165) is 27.3 Å². The third-order valence-corrected chi connectivity index (χ3v) is 6.78. The van der Waals surface area contributed by atoms with Crippen LogP contribution in [0.25, 0.3) is 17.0 Å². The second kappa shape index (κ2) is 9.02. The zero-order valence-electron chi connectivity index (χ0n) is 17.5. The molecule has 1 aliphatic rings. The normalized spacial score (nSPS) is 16.3. The molecule has 0 spiro atoms. The van der Waals surface area contributed by atoms with Gasteiger partial charge < -0.3 is 9.84 Å². The Hall–Kier alpha value is -3.13. The number of nitrogens with one attached hydrogen (secondary N) is 1. The summed E-state index contributed by atoms with van der Waals surface area (Å²) in [4.78, 5) is 20.5. The molecule has 166 valence electrons. The van der Waals surface area contributed by atoms with Crippen LogP contribution >= 0.6 is 34.5 Å². The monoisotopic (exact) mass is 496 g/mol. The molecule has 0 saturated heterocycles. The molecule has 6 nitrogen and oxygen atoms in total. The van der Waals surface area contributed by atoms with Crippen LogP contribution in [0.2, 0.25) is 10.0 Å². The molecule has 1 N–H and O–H groups in total. The van der Waals surface area contributed by atoms with Crippen LogP contribution in [0, 0.1) is 0 Å². The van der Waals surface area contributed by atoms with Gasteiger partial charge in [0.2, 0.25) is 5.82 Å². The van der Waals surface area contributed by atoms with Crippen molar-refractivity contribution in [2.24, 2.45) is 0 Å². The van der Waals surface area contributed by atoms with E-state index in [0.29, 0.717) is 28.3 Å². The predicted molar refractivity (Wildman–Crippen MR) is 130 cm³/mol. The number of amides is 2. The lowest BCUT2D eigenvalue weighted by atomic mass is 9.94. The fourth-order valence-electron chi connectivity index (χ4n) is 3.79. The van der Waals surface area contributed by atoms with Crippen molar-refractivity contribution in [1.82, 2.24) is 20.4 Å². The highest BCUT2D eigenvalue weighted by atomic mass is 35.5. The van der Waals surface area contributed by atoms with E-state index in [1.165, 1.54) is 0 Å². The number of hydrogen-bond acceptors (Lipinski definition) is 5. The molecule has 33 heavy (non-hydrogen) atoms. The molecular weight excluding hydrogens is 479 g/mol. The van der Waals surface area contributed by atoms with E-state index in [1.807, 2.05) is 54.8 Å². The minimum absolute atomic E-state index is 0.202. The highest BCUT2D eigenvalue weighted by Gasteiger charge is 2.36. The average molecular weight is 497 g/mol. The van der Waals surface area contributed by atoms with Crippen molar-refractivity contribution in [3.63, 3.8) is 0 Å². The van der Waals surface area contributed by atoms with Gasteiger partial charge in [-0.1, -0.05) is 46.6 Å². The molecule has 4 aromatic rings. The summed E-state index contributed by atoms with van der Waals surface area (Å²) in [6.07, 6.45) is 0. The van der Waals surface area contributed by atoms with Gasteiger partial charge in [-0.3, -0.25) is 4.90 Å². The molecule has 0 radical (unpaired) electrons. The first kappa shape index (κ1) is 21.7. The van der Waals surface area contributed by atoms with Crippen molar-refractivity contribution >= 4 is 46.1 Å². The highest BCUT2D eigenvalue weighted by molar-refractivity contribution is 7.09. The SMILES string of the molecule is CC1=C(c2nc(-c3ccc(Cl)cc3)no2)C(c2cccc(Cl)c2)NC(=O)N1Cc1cccs1. The van der Waals surface area contributed by atoms with Crippen molar-refractivity contribution in [3.05, 3.63) is 98.1 Å². The summed E-state index contributed by atoms with van der Waals surface area (Å²) in [6, 6.07) is 17.9. The minimum Gasteiger partial charge on any atom is -0.334 e. The molecule has 0 bridgehead atoms. The summed E-state index contributed by atoms with van der Waals surface area (Å²) >= 11 is 13.9. The van der Waals surface area contributed by atoms with Gasteiger partial charge in [0.1, 0.15) is 0 Å². The second-order valence-corrected chi connectivity index (χ2v) is 9.44. The number of benzene rings is 2. The molecule has 0 saturated carbocycles. The number of allylic oxidation sites excluding steroid dienone is 1. The zero-order chi connectivity index (χ0) is 22.9. The van der Waals surface area contributed by atoms with Crippen molar-refractivity contribution in [1.29, 1.82) is 0 Å². The fourth-order valence-corrected chi connectivity index (χ4v) is 4.81. The van der Waals surface area contributed by atoms with Gasteiger partial charge in [-0.15, -0.1) is 11.3 Å². The number of thiophene rings is 1. The van der Waals surface area contributed by atoms with Crippen LogP contribution in [0.4, 0.5) is 4.79 Å². The molecule has 9 heteroatoms. The third-order valence-electron chi connectivity index (χ3n) is 5.43. The van der Waals surface area contributed by atoms with Crippen LogP contribution in [0.1, 0.15) is 29.3 Å². The number of urea groups is 1. The van der Waals surface area contributed by atoms with Crippen molar-refractivity contribution < 1.29 is 9.32 Å². The van der Waals surface area contributed by atoms with Gasteiger partial charge in [0.25, 0.3) is 5.89 Å². The zero-order valence-corrected chi connectivity index (χ0v) is 19.8. The van der Waals surface area contributed by atoms with E-state index in [4.69, 9.17) is 27.7 Å². The first-order valence-electron chi connectivity index (χ1n) is 10.2. The minimum atomic E-state index is -0.491. The molecule has 2 aromatic carbocycles. The molecule has 1 unspecified atom stereocenters. The lowest BCUT2D eigenvalue weighted by molar-refractivity contribution is 0.203. The largest absolute Gasteiger partial charge is 0.334 e. The van der Waals surface area contributed by atoms with Gasteiger partial charge in [0.05, 0.1) is 18.2 Å². The summed E-state index contributed by atoms with van der Waals surface area (Å²) in [5.74, 6) is 0.770. The van der Waals surface area contributed by atoms with E-state index in [2.05, 4.69) is 15.5 Å². The first-order chi connectivity index (χ1) is 16.0. The molecule has 2 aromatic heterocycles. The van der Waals surface area contributed by atoms with E-state index >= 15 is 0 Å². The Morgan fingerprint density at radius 2 is 1.91 bits per heavy atom. The van der Waals surface area contributed by atoms with Crippen LogP contribution in [-0.2, 0) is 6.54 Å². The Kier molecular flexibility index (Phi) is 5.93. The van der Waals surface area contributed by atoms with Gasteiger partial charge in [0.15, 0.2) is 0 Å². The number of rotatable bonds is 5. The van der Waals surface area contributed by atoms with Crippen molar-refractivity contribution in [2.45, 2.75) is 19.5 Å². The van der Waals surface area contributed by atoms with Crippen LogP contribution < -0.4 is 5.32 Å². The van der Waals surface area contributed by atoms with Crippen LogP contribution in [-0.4, -0.2) is 21.1 Å². The maximum atomic E-state index is 13.1. The summed E-state index contributed by atoms with van der Waals surface area (Å²) in [5.41, 5.74) is 3.07. The lowest BCUT2D eigenvalue weighted by Crippen LogP contribution is -2.45. The average Bonchev–Trinajstić information content (AvgIpc) is 3.49. The molecule has 0 aliphatic carbocycles. The van der Waals surface area contributed by atoms with Gasteiger partial charge in [-0.25, -0.2) is 4.79 Å². The number of hydrogen-bond donors (Lipinski definition) is 1. The first-order valence-corrected chi connectivity index (χ1v) is 11.8. The van der Waals surface area contributed by atoms with Gasteiger partial charge in [-0.05, 0) is 60.3 Å². The predicted octanol–water partition coefficient (Wildman–Crippen LogP) is 6.80. The van der Waals surface area contributed by atoms with Crippen molar-refractivity contribution in [3.8, 4) is 11.4 Å². The molecule has 3 heterocycles. The topological polar surface area (TPSA) is 71.3 Å². The molecule has 5 rings (SSSR count). The molecular formula is C24H18Cl2N4O2S. The van der Waals surface area contributed by atoms with E-state index < -0.39 is 6.04 Å². The Morgan fingerprint density at radius 1 is 1.09 bits per heavy atom. The van der Waals surface area contributed by atoms with Gasteiger partial charge >= 0.3 is 6.03 Å². The molecule has 0 fully saturated rings. The second-order valence-electron chi connectivity index (χ2n) is 7.53. The maximum absolute atomic E-state index is 13.1. The number of nitrogens with zero attached hydrogens (tertiary/aromatic N) is 3. The summed E-state index contributed by atoms with van der Waals surface area (Å²) < 4.78 is 5.70. The lowest BCUT2D eigenvalue weighted by Gasteiger charge is -2.35. The van der Waals surface area contributed by atoms with E-state index in [-0.39, 0.29) is 6.03 Å². The molecule has 1 atom stereocenters. The number of carbonyl (C=O) groups excluding carboxylic acids is 1. The Balaban J connectivity index is 1.60. The quantitative estimate of drug-likeness (QED) is 0.329. The van der Waals surface area contributed by atoms with Crippen LogP contribution in [0.5, 0.6) is 0 Å². The standard InChI is InChI=1S/C24H18Cl2N4O2S/c1-14-20(23-28-22(29-32-23)15-7-9-17(25)10-8-15)21(16-4-2-5-18(26)12-16)27-24(31)30(14)13-19-6-3-11-33-19/h2-12,21H,13H2,1H3,(H,27,31). The van der Waals surface area contributed by atoms with E-state index in [9.17, 15) is 4.79 Å². The van der Waals surface area contributed by atoms with Gasteiger partial charge in [0, 0.05) is 26.2 Å². The van der Waals surface area contributed by atoms with Crippen LogP contribution in [0.15, 0.2) is 76.3 Å². The Morgan fingerprint density at radius 3 is 2.64 bits per heavy atom. The third kappa shape index (κ3) is 4.39.